The van der Waals surface area contributed by atoms with Crippen LogP contribution in [0, 0.1) is 0 Å². The summed E-state index contributed by atoms with van der Waals surface area (Å²) in [5.41, 5.74) is 10.9. The van der Waals surface area contributed by atoms with Gasteiger partial charge in [-0.1, -0.05) is 48.5 Å². The van der Waals surface area contributed by atoms with Crippen LogP contribution in [0.15, 0.2) is 77.8 Å². The van der Waals surface area contributed by atoms with Gasteiger partial charge in [-0.05, 0) is 42.7 Å². The number of hydrogen-bond acceptors (Lipinski definition) is 6. The van der Waals surface area contributed by atoms with Crippen molar-refractivity contribution in [2.24, 2.45) is 10.7 Å². The van der Waals surface area contributed by atoms with Crippen LogP contribution in [0.3, 0.4) is 0 Å². The SMILES string of the molecule is COC(=O)c1ccc2c(C(=Nc3ccc(C(N)CCCNC(C)=O)cc3)c3ccccc3)c(O)[nH]c2c1. The van der Waals surface area contributed by atoms with E-state index >= 15 is 0 Å². The first-order valence-electron chi connectivity index (χ1n) is 12.0. The van der Waals surface area contributed by atoms with E-state index in [1.54, 1.807) is 18.2 Å². The van der Waals surface area contributed by atoms with Crippen LogP contribution < -0.4 is 11.1 Å². The van der Waals surface area contributed by atoms with Crippen molar-refractivity contribution < 1.29 is 19.4 Å². The average Bonchev–Trinajstić information content (AvgIpc) is 3.24. The van der Waals surface area contributed by atoms with Gasteiger partial charge in [-0.2, -0.15) is 0 Å². The van der Waals surface area contributed by atoms with Gasteiger partial charge >= 0.3 is 5.97 Å². The monoisotopic (exact) mass is 498 g/mol. The second-order valence-corrected chi connectivity index (χ2v) is 8.75. The number of nitrogens with one attached hydrogen (secondary N) is 2. The molecule has 3 aromatic carbocycles. The molecule has 1 heterocycles. The molecule has 0 aliphatic heterocycles. The fraction of sp³-hybridized carbons (Fsp3) is 0.207. The number of aliphatic imine (C=N–C) groups is 1. The van der Waals surface area contributed by atoms with Crippen molar-refractivity contribution in [3.05, 3.63) is 95.1 Å². The Morgan fingerprint density at radius 2 is 1.78 bits per heavy atom. The molecular weight excluding hydrogens is 468 g/mol. The van der Waals surface area contributed by atoms with Crippen LogP contribution in [0.2, 0.25) is 0 Å². The molecule has 1 atom stereocenters. The molecule has 0 aliphatic carbocycles. The summed E-state index contributed by atoms with van der Waals surface area (Å²) in [4.78, 5) is 30.9. The number of benzene rings is 3. The molecule has 0 saturated heterocycles. The minimum absolute atomic E-state index is 0.0440. The molecular formula is C29H30N4O4. The van der Waals surface area contributed by atoms with Crippen molar-refractivity contribution in [3.63, 3.8) is 0 Å². The molecule has 190 valence electrons. The standard InChI is InChI=1S/C29H30N4O4/c1-18(34)31-16-6-9-24(30)19-10-13-22(14-11-19)32-27(20-7-4-3-5-8-20)26-23-15-12-21(29(36)37-2)17-25(23)33-28(26)35/h3-5,7-8,10-15,17,24,33,35H,6,9,16,30H2,1-2H3,(H,31,34). The van der Waals surface area contributed by atoms with Gasteiger partial charge in [0.15, 0.2) is 5.88 Å². The van der Waals surface area contributed by atoms with E-state index in [-0.39, 0.29) is 17.8 Å². The van der Waals surface area contributed by atoms with E-state index in [2.05, 4.69) is 10.3 Å². The van der Waals surface area contributed by atoms with E-state index in [0.717, 1.165) is 29.4 Å². The highest BCUT2D eigenvalue weighted by Crippen LogP contribution is 2.32. The molecule has 0 radical (unpaired) electrons. The summed E-state index contributed by atoms with van der Waals surface area (Å²) in [5, 5.41) is 14.4. The maximum atomic E-state index is 12.0. The predicted octanol–water partition coefficient (Wildman–Crippen LogP) is 4.75. The predicted molar refractivity (Wildman–Crippen MR) is 144 cm³/mol. The number of aromatic amines is 1. The highest BCUT2D eigenvalue weighted by molar-refractivity contribution is 6.22. The summed E-state index contributed by atoms with van der Waals surface area (Å²) in [6.07, 6.45) is 1.53. The van der Waals surface area contributed by atoms with Gasteiger partial charge in [0.05, 0.1) is 29.6 Å². The summed E-state index contributed by atoms with van der Waals surface area (Å²) >= 11 is 0. The number of H-pyrrole nitrogens is 1. The molecule has 37 heavy (non-hydrogen) atoms. The topological polar surface area (TPSA) is 130 Å². The lowest BCUT2D eigenvalue weighted by atomic mass is 9.99. The van der Waals surface area contributed by atoms with Crippen molar-refractivity contribution in [2.75, 3.05) is 13.7 Å². The number of carbonyl (C=O) groups excluding carboxylic acids is 2. The first-order valence-corrected chi connectivity index (χ1v) is 12.0. The number of nitrogens with two attached hydrogens (primary N) is 1. The quantitative estimate of drug-likeness (QED) is 0.150. The molecule has 1 amide bonds. The lowest BCUT2D eigenvalue weighted by Gasteiger charge is -2.13. The van der Waals surface area contributed by atoms with E-state index < -0.39 is 5.97 Å². The number of rotatable bonds is 9. The highest BCUT2D eigenvalue weighted by Gasteiger charge is 2.20. The molecule has 0 fully saturated rings. The molecule has 1 unspecified atom stereocenters. The maximum absolute atomic E-state index is 12.0. The summed E-state index contributed by atoms with van der Waals surface area (Å²) in [5.74, 6) is -0.546. The number of ether oxygens (including phenoxy) is 1. The molecule has 8 heteroatoms. The fourth-order valence-electron chi connectivity index (χ4n) is 4.21. The Balaban J connectivity index is 1.67. The Hall–Kier alpha value is -4.43. The lowest BCUT2D eigenvalue weighted by molar-refractivity contribution is -0.118. The molecule has 0 aliphatic rings. The first kappa shape index (κ1) is 25.7. The third kappa shape index (κ3) is 6.05. The van der Waals surface area contributed by atoms with Crippen molar-refractivity contribution in [1.82, 2.24) is 10.3 Å². The number of esters is 1. The van der Waals surface area contributed by atoms with Crippen molar-refractivity contribution >= 4 is 34.2 Å². The van der Waals surface area contributed by atoms with Crippen LogP contribution in [0.25, 0.3) is 10.9 Å². The summed E-state index contributed by atoms with van der Waals surface area (Å²) < 4.78 is 4.82. The highest BCUT2D eigenvalue weighted by atomic mass is 16.5. The molecule has 0 spiro atoms. The second-order valence-electron chi connectivity index (χ2n) is 8.75. The van der Waals surface area contributed by atoms with Gasteiger partial charge in [-0.25, -0.2) is 9.79 Å². The third-order valence-corrected chi connectivity index (χ3v) is 6.11. The zero-order valence-corrected chi connectivity index (χ0v) is 20.8. The molecule has 0 bridgehead atoms. The zero-order valence-electron chi connectivity index (χ0n) is 20.8. The minimum atomic E-state index is -0.456. The van der Waals surface area contributed by atoms with Gasteiger partial charge in [0.25, 0.3) is 0 Å². The number of nitrogens with zero attached hydrogens (tertiary/aromatic N) is 1. The first-order chi connectivity index (χ1) is 17.9. The van der Waals surface area contributed by atoms with Crippen LogP contribution in [0.5, 0.6) is 5.88 Å². The van der Waals surface area contributed by atoms with Crippen molar-refractivity contribution in [2.45, 2.75) is 25.8 Å². The van der Waals surface area contributed by atoms with E-state index in [4.69, 9.17) is 15.5 Å². The van der Waals surface area contributed by atoms with E-state index in [9.17, 15) is 14.7 Å². The van der Waals surface area contributed by atoms with Gasteiger partial charge in [0.1, 0.15) is 0 Å². The number of amides is 1. The normalized spacial score (nSPS) is 12.4. The molecule has 4 aromatic rings. The Morgan fingerprint density at radius 3 is 2.46 bits per heavy atom. The Labute approximate surface area is 215 Å². The molecule has 5 N–H and O–H groups in total. The van der Waals surface area contributed by atoms with E-state index in [1.165, 1.54) is 14.0 Å². The maximum Gasteiger partial charge on any atom is 0.337 e. The number of methoxy groups -OCH3 is 1. The smallest absolute Gasteiger partial charge is 0.337 e. The van der Waals surface area contributed by atoms with E-state index in [0.29, 0.717) is 34.6 Å². The van der Waals surface area contributed by atoms with Crippen LogP contribution in [-0.4, -0.2) is 41.3 Å². The van der Waals surface area contributed by atoms with Gasteiger partial charge < -0.3 is 25.9 Å². The van der Waals surface area contributed by atoms with Gasteiger partial charge in [-0.3, -0.25) is 4.79 Å². The van der Waals surface area contributed by atoms with Crippen LogP contribution >= 0.6 is 0 Å². The van der Waals surface area contributed by atoms with Gasteiger partial charge in [0.2, 0.25) is 5.91 Å². The van der Waals surface area contributed by atoms with Crippen LogP contribution in [0.1, 0.15) is 52.9 Å². The number of fused-ring (bicyclic) bond motifs is 1. The molecule has 4 rings (SSSR count). The molecule has 0 saturated carbocycles. The molecule has 8 nitrogen and oxygen atoms in total. The van der Waals surface area contributed by atoms with Crippen molar-refractivity contribution in [3.8, 4) is 5.88 Å². The number of aromatic hydroxyl groups is 1. The van der Waals surface area contributed by atoms with E-state index in [1.807, 2.05) is 54.6 Å². The lowest BCUT2D eigenvalue weighted by Crippen LogP contribution is -2.22. The Bertz CT molecular complexity index is 1430. The average molecular weight is 499 g/mol. The summed E-state index contributed by atoms with van der Waals surface area (Å²) in [6.45, 7) is 2.10. The number of hydrogen-bond donors (Lipinski definition) is 4. The van der Waals surface area contributed by atoms with Crippen LogP contribution in [0.4, 0.5) is 5.69 Å². The third-order valence-electron chi connectivity index (χ3n) is 6.11. The zero-order chi connectivity index (χ0) is 26.4. The molecule has 1 aromatic heterocycles. The van der Waals surface area contributed by atoms with Gasteiger partial charge in [-0.15, -0.1) is 0 Å². The second kappa shape index (κ2) is 11.5. The largest absolute Gasteiger partial charge is 0.494 e. The Morgan fingerprint density at radius 1 is 1.05 bits per heavy atom. The van der Waals surface area contributed by atoms with Gasteiger partial charge in [0, 0.05) is 36.0 Å². The summed E-state index contributed by atoms with van der Waals surface area (Å²) in [6, 6.07) is 22.2. The summed E-state index contributed by atoms with van der Waals surface area (Å²) in [7, 11) is 1.33. The minimum Gasteiger partial charge on any atom is -0.494 e. The van der Waals surface area contributed by atoms with Crippen LogP contribution in [-0.2, 0) is 9.53 Å². The number of carbonyl (C=O) groups is 2. The Kier molecular flexibility index (Phi) is 8.00. The van der Waals surface area contributed by atoms with Crippen molar-refractivity contribution in [1.29, 1.82) is 0 Å². The fourth-order valence-corrected chi connectivity index (χ4v) is 4.21. The number of aromatic nitrogens is 1.